The lowest BCUT2D eigenvalue weighted by molar-refractivity contribution is -0.247. The maximum absolute atomic E-state index is 14.0. The molecule has 1 N–H and O–H groups in total. The third kappa shape index (κ3) is 5.27. The summed E-state index contributed by atoms with van der Waals surface area (Å²) in [6.07, 6.45) is 0.556. The van der Waals surface area contributed by atoms with Crippen LogP contribution < -0.4 is 0 Å². The highest BCUT2D eigenvalue weighted by Crippen LogP contribution is 2.51. The minimum atomic E-state index is -7.06. The average Bonchev–Trinajstić information content (AvgIpc) is 2.66. The van der Waals surface area contributed by atoms with E-state index in [1.54, 1.807) is 13.8 Å². The van der Waals surface area contributed by atoms with E-state index < -0.39 is 55.6 Å². The molecule has 1 fully saturated rings. The third-order valence-corrected chi connectivity index (χ3v) is 7.93. The van der Waals surface area contributed by atoms with Crippen molar-refractivity contribution in [2.45, 2.75) is 56.0 Å². The number of hydrogen-bond acceptors (Lipinski definition) is 6. The van der Waals surface area contributed by atoms with Crippen LogP contribution >= 0.6 is 0 Å². The Morgan fingerprint density at radius 3 is 1.97 bits per heavy atom. The van der Waals surface area contributed by atoms with E-state index in [1.807, 2.05) is 0 Å². The van der Waals surface area contributed by atoms with Gasteiger partial charge >= 0.3 is 32.5 Å². The van der Waals surface area contributed by atoms with E-state index in [0.717, 1.165) is 0 Å². The summed E-state index contributed by atoms with van der Waals surface area (Å²) in [6, 6.07) is 0. The smallest absolute Gasteiger partial charge is 0.439 e. The second kappa shape index (κ2) is 9.39. The monoisotopic (exact) mass is 507 g/mol. The summed E-state index contributed by atoms with van der Waals surface area (Å²) in [7, 11) is -13.5. The molecule has 0 aromatic heterocycles. The molecule has 0 saturated carbocycles. The topological polar surface area (TPSA) is 118 Å². The van der Waals surface area contributed by atoms with Crippen LogP contribution in [0.1, 0.15) is 39.5 Å². The van der Waals surface area contributed by atoms with Crippen molar-refractivity contribution >= 4 is 26.1 Å². The van der Waals surface area contributed by atoms with E-state index in [0.29, 0.717) is 6.42 Å². The molecule has 0 spiro atoms. The Balaban J connectivity index is 2.85. The summed E-state index contributed by atoms with van der Waals surface area (Å²) < 4.78 is 140. The third-order valence-electron chi connectivity index (χ3n) is 5.08. The maximum Gasteiger partial charge on any atom is 0.439 e. The number of halogens is 6. The van der Waals surface area contributed by atoms with Gasteiger partial charge in [0.2, 0.25) is 0 Å². The first kappa shape index (κ1) is 27.9. The molecule has 1 atom stereocenters. The van der Waals surface area contributed by atoms with Gasteiger partial charge in [-0.15, -0.1) is 0 Å². The summed E-state index contributed by atoms with van der Waals surface area (Å²) in [5.74, 6) is -8.06. The molecule has 0 aliphatic carbocycles. The van der Waals surface area contributed by atoms with Gasteiger partial charge in [-0.1, -0.05) is 13.8 Å². The number of ether oxygens (including phenoxy) is 1. The van der Waals surface area contributed by atoms with Gasteiger partial charge in [0.1, 0.15) is 0 Å². The van der Waals surface area contributed by atoms with Gasteiger partial charge in [0.25, 0.3) is 10.0 Å². The number of carbonyl (C=O) groups excluding carboxylic acids is 1. The van der Waals surface area contributed by atoms with Crippen LogP contribution in [-0.4, -0.2) is 67.8 Å². The molecule has 0 amide bonds. The van der Waals surface area contributed by atoms with Crippen molar-refractivity contribution in [2.75, 3.05) is 19.7 Å². The lowest BCUT2D eigenvalue weighted by Gasteiger charge is -2.36. The van der Waals surface area contributed by atoms with Crippen LogP contribution in [0, 0.1) is 11.8 Å². The van der Waals surface area contributed by atoms with Gasteiger partial charge in [0.05, 0.1) is 12.5 Å². The first-order valence-corrected chi connectivity index (χ1v) is 12.0. The Bertz CT molecular complexity index is 855. The van der Waals surface area contributed by atoms with Crippen molar-refractivity contribution in [3.63, 3.8) is 0 Å². The molecule has 184 valence electrons. The van der Waals surface area contributed by atoms with Gasteiger partial charge in [-0.25, -0.2) is 8.42 Å². The quantitative estimate of drug-likeness (QED) is 0.274. The molecule has 1 unspecified atom stereocenters. The molecule has 0 aromatic rings. The Morgan fingerprint density at radius 1 is 1.06 bits per heavy atom. The lowest BCUT2D eigenvalue weighted by atomic mass is 9.95. The van der Waals surface area contributed by atoms with E-state index in [9.17, 15) is 48.0 Å². The zero-order valence-electron chi connectivity index (χ0n) is 16.5. The molecular weight excluding hydrogens is 484 g/mol. The van der Waals surface area contributed by atoms with Crippen molar-refractivity contribution in [2.24, 2.45) is 11.8 Å². The number of sulfonamides is 1. The zero-order valence-corrected chi connectivity index (χ0v) is 18.2. The minimum absolute atomic E-state index is 0.0323. The van der Waals surface area contributed by atoms with E-state index in [2.05, 4.69) is 0 Å². The SMILES string of the molecule is CCC(C)C(=O)OCCC1CCN(S(=O)(=O)C(F)(F)C(F)(F)C(F)(F)S(=O)(=O)O)CC1. The Labute approximate surface area is 175 Å². The van der Waals surface area contributed by atoms with Crippen LogP contribution in [-0.2, 0) is 29.7 Å². The average molecular weight is 507 g/mol. The number of esters is 1. The molecule has 8 nitrogen and oxygen atoms in total. The van der Waals surface area contributed by atoms with Crippen LogP contribution in [0.25, 0.3) is 0 Å². The number of hydrogen-bond donors (Lipinski definition) is 1. The van der Waals surface area contributed by atoms with Crippen LogP contribution in [0.15, 0.2) is 0 Å². The fourth-order valence-electron chi connectivity index (χ4n) is 2.73. The highest BCUT2D eigenvalue weighted by Gasteiger charge is 2.82. The number of piperidine rings is 1. The van der Waals surface area contributed by atoms with Gasteiger partial charge in [0, 0.05) is 13.1 Å². The van der Waals surface area contributed by atoms with Crippen LogP contribution in [0.2, 0.25) is 0 Å². The molecule has 0 aromatic carbocycles. The Kier molecular flexibility index (Phi) is 8.45. The van der Waals surface area contributed by atoms with Crippen molar-refractivity contribution in [1.82, 2.24) is 4.31 Å². The Morgan fingerprint density at radius 2 is 1.55 bits per heavy atom. The van der Waals surface area contributed by atoms with Crippen LogP contribution in [0.4, 0.5) is 26.3 Å². The van der Waals surface area contributed by atoms with E-state index in [-0.39, 0.29) is 42.0 Å². The van der Waals surface area contributed by atoms with Crippen molar-refractivity contribution in [3.8, 4) is 0 Å². The van der Waals surface area contributed by atoms with E-state index in [1.165, 1.54) is 0 Å². The minimum Gasteiger partial charge on any atom is -0.465 e. The summed E-state index contributed by atoms with van der Waals surface area (Å²) in [4.78, 5) is 11.6. The van der Waals surface area contributed by atoms with Gasteiger partial charge in [0.15, 0.2) is 0 Å². The highest BCUT2D eigenvalue weighted by atomic mass is 32.2. The summed E-state index contributed by atoms with van der Waals surface area (Å²) in [6.45, 7) is 1.93. The number of carbonyl (C=O) groups is 1. The summed E-state index contributed by atoms with van der Waals surface area (Å²) in [5, 5.41) is -13.3. The summed E-state index contributed by atoms with van der Waals surface area (Å²) >= 11 is 0. The van der Waals surface area contributed by atoms with Gasteiger partial charge in [-0.3, -0.25) is 9.35 Å². The molecule has 1 rings (SSSR count). The fourth-order valence-corrected chi connectivity index (χ4v) is 4.71. The molecule has 0 radical (unpaired) electrons. The molecule has 1 aliphatic rings. The zero-order chi connectivity index (χ0) is 24.5. The molecule has 0 bridgehead atoms. The van der Waals surface area contributed by atoms with Crippen molar-refractivity contribution in [3.05, 3.63) is 0 Å². The van der Waals surface area contributed by atoms with Gasteiger partial charge in [-0.05, 0) is 31.6 Å². The largest absolute Gasteiger partial charge is 0.465 e. The van der Waals surface area contributed by atoms with Crippen molar-refractivity contribution < 1.29 is 57.3 Å². The number of rotatable bonds is 10. The predicted octanol–water partition coefficient (Wildman–Crippen LogP) is 2.72. The number of nitrogens with zero attached hydrogens (tertiary/aromatic N) is 1. The molecule has 31 heavy (non-hydrogen) atoms. The normalized spacial score (nSPS) is 19.3. The molecule has 1 heterocycles. The Hall–Kier alpha value is -1.13. The first-order valence-electron chi connectivity index (χ1n) is 9.11. The predicted molar refractivity (Wildman–Crippen MR) is 94.6 cm³/mol. The van der Waals surface area contributed by atoms with Crippen LogP contribution in [0.3, 0.4) is 0 Å². The maximum atomic E-state index is 14.0. The number of alkyl halides is 6. The highest BCUT2D eigenvalue weighted by molar-refractivity contribution is 7.90. The van der Waals surface area contributed by atoms with Crippen LogP contribution in [0.5, 0.6) is 0 Å². The van der Waals surface area contributed by atoms with Crippen molar-refractivity contribution in [1.29, 1.82) is 0 Å². The molecule has 1 aliphatic heterocycles. The first-order chi connectivity index (χ1) is 13.8. The van der Waals surface area contributed by atoms with Gasteiger partial charge < -0.3 is 4.74 Å². The molecule has 16 heteroatoms. The fraction of sp³-hybridized carbons (Fsp3) is 0.933. The molecular formula is C15H23F6NO7S2. The second-order valence-corrected chi connectivity index (χ2v) is 10.6. The van der Waals surface area contributed by atoms with Gasteiger partial charge in [-0.2, -0.15) is 39.1 Å². The summed E-state index contributed by atoms with van der Waals surface area (Å²) in [5.41, 5.74) is 0. The van der Waals surface area contributed by atoms with E-state index in [4.69, 9.17) is 9.29 Å². The molecule has 1 saturated heterocycles. The second-order valence-electron chi connectivity index (χ2n) is 7.20. The lowest BCUT2D eigenvalue weighted by Crippen LogP contribution is -2.63. The standard InChI is InChI=1S/C15H23F6NO7S2/c1-3-10(2)12(23)29-9-6-11-4-7-22(8-5-11)30(24,25)14(18,19)13(16,17)15(20,21)31(26,27)28/h10-11H,3-9H2,1-2H3,(H,26,27,28). The van der Waals surface area contributed by atoms with E-state index >= 15 is 0 Å².